The summed E-state index contributed by atoms with van der Waals surface area (Å²) in [5, 5.41) is 0. The highest BCUT2D eigenvalue weighted by atomic mass is 32.2. The van der Waals surface area contributed by atoms with Crippen molar-refractivity contribution in [2.24, 2.45) is 5.73 Å². The third-order valence-corrected chi connectivity index (χ3v) is 4.67. The lowest BCUT2D eigenvalue weighted by molar-refractivity contribution is 0.171. The lowest BCUT2D eigenvalue weighted by atomic mass is 9.92. The molecule has 0 bridgehead atoms. The van der Waals surface area contributed by atoms with Gasteiger partial charge in [0, 0.05) is 16.6 Å². The van der Waals surface area contributed by atoms with Crippen molar-refractivity contribution in [2.45, 2.75) is 29.7 Å². The average molecular weight is 247 g/mol. The molecule has 2 heterocycles. The van der Waals surface area contributed by atoms with E-state index in [1.54, 1.807) is 0 Å². The predicted molar refractivity (Wildman–Crippen MR) is 71.2 cm³/mol. The van der Waals surface area contributed by atoms with Gasteiger partial charge in [0.05, 0.1) is 12.6 Å². The Morgan fingerprint density at radius 1 is 1.35 bits per heavy atom. The standard InChI is InChI=1S/C14H17NOS/c15-14(12-6-3-4-8-16-12)11-9-17-13-7-2-1-5-10(11)13/h1-2,5-7,11,14H,3-4,8-9,15H2. The van der Waals surface area contributed by atoms with Crippen LogP contribution in [0.1, 0.15) is 24.3 Å². The Morgan fingerprint density at radius 3 is 3.06 bits per heavy atom. The minimum absolute atomic E-state index is 0.0199. The Morgan fingerprint density at radius 2 is 2.24 bits per heavy atom. The normalized spacial score (nSPS) is 24.8. The molecule has 0 fully saturated rings. The van der Waals surface area contributed by atoms with Gasteiger partial charge in [-0.05, 0) is 30.5 Å². The monoisotopic (exact) mass is 247 g/mol. The van der Waals surface area contributed by atoms with Gasteiger partial charge in [0.2, 0.25) is 0 Å². The van der Waals surface area contributed by atoms with Crippen LogP contribution in [0, 0.1) is 0 Å². The van der Waals surface area contributed by atoms with Gasteiger partial charge in [-0.1, -0.05) is 18.2 Å². The summed E-state index contributed by atoms with van der Waals surface area (Å²) < 4.78 is 5.69. The zero-order valence-electron chi connectivity index (χ0n) is 9.76. The van der Waals surface area contributed by atoms with Crippen molar-refractivity contribution in [2.75, 3.05) is 12.4 Å². The van der Waals surface area contributed by atoms with Crippen LogP contribution < -0.4 is 5.73 Å². The molecule has 90 valence electrons. The molecule has 2 atom stereocenters. The molecular weight excluding hydrogens is 230 g/mol. The Labute approximate surface area is 106 Å². The number of ether oxygens (including phenoxy) is 1. The van der Waals surface area contributed by atoms with Gasteiger partial charge in [0.1, 0.15) is 5.76 Å². The van der Waals surface area contributed by atoms with Crippen LogP contribution >= 0.6 is 11.8 Å². The SMILES string of the molecule is NC(C1=CCCCO1)C1CSc2ccccc21. The summed E-state index contributed by atoms with van der Waals surface area (Å²) in [5.41, 5.74) is 7.75. The molecule has 0 amide bonds. The molecule has 2 unspecified atom stereocenters. The van der Waals surface area contributed by atoms with E-state index >= 15 is 0 Å². The van der Waals surface area contributed by atoms with Crippen molar-refractivity contribution in [1.82, 2.24) is 0 Å². The van der Waals surface area contributed by atoms with Gasteiger partial charge in [0.15, 0.2) is 0 Å². The number of benzene rings is 1. The third kappa shape index (κ3) is 2.09. The number of allylic oxidation sites excluding steroid dienone is 1. The molecule has 17 heavy (non-hydrogen) atoms. The topological polar surface area (TPSA) is 35.2 Å². The van der Waals surface area contributed by atoms with E-state index in [9.17, 15) is 0 Å². The minimum Gasteiger partial charge on any atom is -0.497 e. The summed E-state index contributed by atoms with van der Waals surface area (Å²) in [5.74, 6) is 2.47. The predicted octanol–water partition coefficient (Wildman–Crippen LogP) is 2.90. The maximum atomic E-state index is 6.36. The summed E-state index contributed by atoms with van der Waals surface area (Å²) in [6.45, 7) is 0.820. The average Bonchev–Trinajstić information content (AvgIpc) is 2.83. The smallest absolute Gasteiger partial charge is 0.109 e. The first kappa shape index (κ1) is 11.2. The molecule has 0 aliphatic carbocycles. The molecule has 0 aromatic heterocycles. The molecule has 2 aliphatic rings. The largest absolute Gasteiger partial charge is 0.497 e. The highest BCUT2D eigenvalue weighted by molar-refractivity contribution is 7.99. The molecular formula is C14H17NOS. The van der Waals surface area contributed by atoms with E-state index < -0.39 is 0 Å². The maximum absolute atomic E-state index is 6.36. The Hall–Kier alpha value is -0.930. The van der Waals surface area contributed by atoms with E-state index in [2.05, 4.69) is 30.3 Å². The fourth-order valence-corrected chi connectivity index (χ4v) is 3.80. The summed E-state index contributed by atoms with van der Waals surface area (Å²) in [4.78, 5) is 1.38. The fourth-order valence-electron chi connectivity index (χ4n) is 2.49. The van der Waals surface area contributed by atoms with Gasteiger partial charge in [-0.25, -0.2) is 0 Å². The van der Waals surface area contributed by atoms with E-state index in [-0.39, 0.29) is 6.04 Å². The van der Waals surface area contributed by atoms with Crippen LogP contribution in [0.5, 0.6) is 0 Å². The Balaban J connectivity index is 1.84. The summed E-state index contributed by atoms with van der Waals surface area (Å²) in [6, 6.07) is 8.59. The van der Waals surface area contributed by atoms with Crippen molar-refractivity contribution >= 4 is 11.8 Å². The molecule has 2 N–H and O–H groups in total. The molecule has 0 radical (unpaired) electrons. The Bertz CT molecular complexity index is 444. The van der Waals surface area contributed by atoms with Gasteiger partial charge < -0.3 is 10.5 Å². The number of hydrogen-bond donors (Lipinski definition) is 1. The van der Waals surface area contributed by atoms with Crippen LogP contribution in [0.4, 0.5) is 0 Å². The van der Waals surface area contributed by atoms with E-state index in [1.165, 1.54) is 10.5 Å². The fraction of sp³-hybridized carbons (Fsp3) is 0.429. The molecule has 3 rings (SSSR count). The second-order valence-corrected chi connectivity index (χ2v) is 5.64. The lowest BCUT2D eigenvalue weighted by Gasteiger charge is -2.25. The second kappa shape index (κ2) is 4.75. The van der Waals surface area contributed by atoms with Gasteiger partial charge in [-0.15, -0.1) is 11.8 Å². The zero-order chi connectivity index (χ0) is 11.7. The number of thioether (sulfide) groups is 1. The highest BCUT2D eigenvalue weighted by Crippen LogP contribution is 2.42. The second-order valence-electron chi connectivity index (χ2n) is 4.58. The molecule has 1 aromatic carbocycles. The van der Waals surface area contributed by atoms with Crippen LogP contribution in [0.2, 0.25) is 0 Å². The minimum atomic E-state index is 0.0199. The van der Waals surface area contributed by atoms with Crippen LogP contribution in [0.25, 0.3) is 0 Å². The van der Waals surface area contributed by atoms with E-state index in [0.717, 1.165) is 31.0 Å². The van der Waals surface area contributed by atoms with Gasteiger partial charge in [-0.3, -0.25) is 0 Å². The quantitative estimate of drug-likeness (QED) is 0.872. The van der Waals surface area contributed by atoms with Crippen molar-refractivity contribution < 1.29 is 4.74 Å². The zero-order valence-corrected chi connectivity index (χ0v) is 10.6. The lowest BCUT2D eigenvalue weighted by Crippen LogP contribution is -2.32. The van der Waals surface area contributed by atoms with E-state index in [1.807, 2.05) is 11.8 Å². The first-order valence-corrected chi connectivity index (χ1v) is 7.15. The molecule has 3 heteroatoms. The first-order chi connectivity index (χ1) is 8.36. The van der Waals surface area contributed by atoms with Crippen LogP contribution in [-0.4, -0.2) is 18.4 Å². The number of nitrogens with two attached hydrogens (primary N) is 1. The van der Waals surface area contributed by atoms with E-state index in [0.29, 0.717) is 5.92 Å². The van der Waals surface area contributed by atoms with Gasteiger partial charge >= 0.3 is 0 Å². The summed E-state index contributed by atoms with van der Waals surface area (Å²) in [7, 11) is 0. The molecule has 0 spiro atoms. The number of fused-ring (bicyclic) bond motifs is 1. The summed E-state index contributed by atoms with van der Waals surface area (Å²) >= 11 is 1.91. The van der Waals surface area contributed by atoms with E-state index in [4.69, 9.17) is 10.5 Å². The number of hydrogen-bond acceptors (Lipinski definition) is 3. The van der Waals surface area contributed by atoms with Crippen LogP contribution in [-0.2, 0) is 4.74 Å². The van der Waals surface area contributed by atoms with Crippen LogP contribution in [0.3, 0.4) is 0 Å². The van der Waals surface area contributed by atoms with Crippen molar-refractivity contribution in [3.8, 4) is 0 Å². The number of rotatable bonds is 2. The molecule has 2 nitrogen and oxygen atoms in total. The molecule has 2 aliphatic heterocycles. The summed E-state index contributed by atoms with van der Waals surface area (Å²) in [6.07, 6.45) is 4.39. The van der Waals surface area contributed by atoms with Crippen molar-refractivity contribution in [3.05, 3.63) is 41.7 Å². The van der Waals surface area contributed by atoms with Crippen LogP contribution in [0.15, 0.2) is 41.0 Å². The highest BCUT2D eigenvalue weighted by Gasteiger charge is 2.31. The Kier molecular flexibility index (Phi) is 3.12. The molecule has 1 aromatic rings. The first-order valence-electron chi connectivity index (χ1n) is 6.16. The maximum Gasteiger partial charge on any atom is 0.109 e. The molecule has 0 saturated heterocycles. The van der Waals surface area contributed by atoms with Crippen molar-refractivity contribution in [1.29, 1.82) is 0 Å². The third-order valence-electron chi connectivity index (χ3n) is 3.46. The van der Waals surface area contributed by atoms with Crippen molar-refractivity contribution in [3.63, 3.8) is 0 Å². The molecule has 0 saturated carbocycles. The van der Waals surface area contributed by atoms with Gasteiger partial charge in [-0.2, -0.15) is 0 Å². The van der Waals surface area contributed by atoms with Gasteiger partial charge in [0.25, 0.3) is 0 Å².